The summed E-state index contributed by atoms with van der Waals surface area (Å²) in [5.41, 5.74) is 0.491. The molecule has 2 atom stereocenters. The normalized spacial score (nSPS) is 35.1. The summed E-state index contributed by atoms with van der Waals surface area (Å²) < 4.78 is 0. The molecule has 1 aliphatic carbocycles. The molecule has 1 N–H and O–H groups in total. The smallest absolute Gasteiger partial charge is 0.303 e. The van der Waals surface area contributed by atoms with Crippen molar-refractivity contribution in [2.45, 2.75) is 45.6 Å². The highest BCUT2D eigenvalue weighted by Crippen LogP contribution is 2.38. The first-order chi connectivity index (χ1) is 6.96. The average molecular weight is 211 g/mol. The van der Waals surface area contributed by atoms with E-state index >= 15 is 0 Å². The van der Waals surface area contributed by atoms with Crippen molar-refractivity contribution in [1.29, 1.82) is 0 Å². The van der Waals surface area contributed by atoms with Crippen LogP contribution in [0.3, 0.4) is 0 Å². The van der Waals surface area contributed by atoms with Crippen LogP contribution in [0.25, 0.3) is 0 Å². The van der Waals surface area contributed by atoms with Crippen LogP contribution >= 0.6 is 0 Å². The minimum absolute atomic E-state index is 0.369. The molecule has 2 rings (SSSR count). The third kappa shape index (κ3) is 2.51. The molecule has 0 aromatic heterocycles. The molecule has 0 bridgehead atoms. The van der Waals surface area contributed by atoms with Gasteiger partial charge in [-0.15, -0.1) is 0 Å². The van der Waals surface area contributed by atoms with Crippen molar-refractivity contribution < 1.29 is 9.90 Å². The maximum Gasteiger partial charge on any atom is 0.303 e. The van der Waals surface area contributed by atoms with Gasteiger partial charge in [-0.25, -0.2) is 0 Å². The topological polar surface area (TPSA) is 40.5 Å². The largest absolute Gasteiger partial charge is 0.481 e. The molecular formula is C12H21NO2. The number of carbonyl (C=O) groups is 1. The van der Waals surface area contributed by atoms with Gasteiger partial charge in [0.25, 0.3) is 0 Å². The second-order valence-electron chi connectivity index (χ2n) is 6.00. The third-order valence-corrected chi connectivity index (χ3v) is 3.76. The van der Waals surface area contributed by atoms with E-state index in [0.29, 0.717) is 23.8 Å². The molecular weight excluding hydrogens is 190 g/mol. The number of carboxylic acid groups (broad SMARTS) is 1. The molecule has 0 amide bonds. The number of likely N-dealkylation sites (tertiary alicyclic amines) is 1. The fourth-order valence-corrected chi connectivity index (χ4v) is 3.12. The Kier molecular flexibility index (Phi) is 2.75. The lowest BCUT2D eigenvalue weighted by Gasteiger charge is -2.49. The molecule has 3 heteroatoms. The van der Waals surface area contributed by atoms with E-state index in [2.05, 4.69) is 18.7 Å². The summed E-state index contributed by atoms with van der Waals surface area (Å²) in [6.07, 6.45) is 3.78. The summed E-state index contributed by atoms with van der Waals surface area (Å²) in [7, 11) is 0. The van der Waals surface area contributed by atoms with Crippen LogP contribution in [0.4, 0.5) is 0 Å². The quantitative estimate of drug-likeness (QED) is 0.776. The zero-order valence-corrected chi connectivity index (χ0v) is 9.70. The molecule has 0 aromatic carbocycles. The predicted molar refractivity (Wildman–Crippen MR) is 58.7 cm³/mol. The zero-order valence-electron chi connectivity index (χ0n) is 9.70. The van der Waals surface area contributed by atoms with Crippen LogP contribution in [0, 0.1) is 11.3 Å². The van der Waals surface area contributed by atoms with E-state index in [0.717, 1.165) is 12.8 Å². The Balaban J connectivity index is 1.76. The van der Waals surface area contributed by atoms with Gasteiger partial charge in [-0.2, -0.15) is 0 Å². The SMILES string of the molecule is CC1(C)CN(C2CCC(CC(=O)O)C2)C1. The molecule has 0 radical (unpaired) electrons. The van der Waals surface area contributed by atoms with Crippen molar-refractivity contribution in [3.63, 3.8) is 0 Å². The number of hydrogen-bond acceptors (Lipinski definition) is 2. The summed E-state index contributed by atoms with van der Waals surface area (Å²) >= 11 is 0. The van der Waals surface area contributed by atoms with Crippen molar-refractivity contribution >= 4 is 5.97 Å². The van der Waals surface area contributed by atoms with Crippen LogP contribution in [0.1, 0.15) is 39.5 Å². The van der Waals surface area contributed by atoms with Crippen molar-refractivity contribution in [2.75, 3.05) is 13.1 Å². The molecule has 3 nitrogen and oxygen atoms in total. The number of carboxylic acids is 1. The second-order valence-corrected chi connectivity index (χ2v) is 6.00. The van der Waals surface area contributed by atoms with Crippen LogP contribution in [0.5, 0.6) is 0 Å². The summed E-state index contributed by atoms with van der Waals surface area (Å²) in [5.74, 6) is -0.208. The molecule has 0 spiro atoms. The summed E-state index contributed by atoms with van der Waals surface area (Å²) in [6.45, 7) is 6.98. The van der Waals surface area contributed by atoms with Gasteiger partial charge < -0.3 is 5.11 Å². The highest BCUT2D eigenvalue weighted by atomic mass is 16.4. The van der Waals surface area contributed by atoms with Crippen molar-refractivity contribution in [2.24, 2.45) is 11.3 Å². The van der Waals surface area contributed by atoms with Gasteiger partial charge >= 0.3 is 5.97 Å². The highest BCUT2D eigenvalue weighted by Gasteiger charge is 2.40. The van der Waals surface area contributed by atoms with E-state index in [-0.39, 0.29) is 0 Å². The van der Waals surface area contributed by atoms with Gasteiger partial charge in [0.05, 0.1) is 0 Å². The average Bonchev–Trinajstić information content (AvgIpc) is 2.47. The van der Waals surface area contributed by atoms with Gasteiger partial charge in [-0.3, -0.25) is 9.69 Å². The number of nitrogens with zero attached hydrogens (tertiary/aromatic N) is 1. The molecule has 1 aliphatic heterocycles. The van der Waals surface area contributed by atoms with Gasteiger partial charge in [0.1, 0.15) is 0 Å². The molecule has 86 valence electrons. The highest BCUT2D eigenvalue weighted by molar-refractivity contribution is 5.67. The maximum absolute atomic E-state index is 10.6. The first-order valence-corrected chi connectivity index (χ1v) is 5.92. The Morgan fingerprint density at radius 1 is 1.40 bits per heavy atom. The van der Waals surface area contributed by atoms with E-state index in [1.807, 2.05) is 0 Å². The Bertz CT molecular complexity index is 254. The molecule has 2 unspecified atom stereocenters. The third-order valence-electron chi connectivity index (χ3n) is 3.76. The fraction of sp³-hybridized carbons (Fsp3) is 0.917. The van der Waals surface area contributed by atoms with Crippen molar-refractivity contribution in [1.82, 2.24) is 4.90 Å². The Morgan fingerprint density at radius 2 is 2.07 bits per heavy atom. The Labute approximate surface area is 91.5 Å². The van der Waals surface area contributed by atoms with Gasteiger partial charge in [0, 0.05) is 25.6 Å². The Morgan fingerprint density at radius 3 is 2.60 bits per heavy atom. The predicted octanol–water partition coefficient (Wildman–Crippen LogP) is 1.97. The van der Waals surface area contributed by atoms with Crippen LogP contribution in [0.2, 0.25) is 0 Å². The van der Waals surface area contributed by atoms with Crippen molar-refractivity contribution in [3.05, 3.63) is 0 Å². The standard InChI is InChI=1S/C12H21NO2/c1-12(2)7-13(8-12)10-4-3-9(5-10)6-11(14)15/h9-10H,3-8H2,1-2H3,(H,14,15). The van der Waals surface area contributed by atoms with E-state index in [9.17, 15) is 4.79 Å². The van der Waals surface area contributed by atoms with Gasteiger partial charge in [0.2, 0.25) is 0 Å². The first kappa shape index (κ1) is 10.9. The van der Waals surface area contributed by atoms with E-state index < -0.39 is 5.97 Å². The molecule has 2 fully saturated rings. The van der Waals surface area contributed by atoms with Gasteiger partial charge in [-0.05, 0) is 30.6 Å². The number of hydrogen-bond donors (Lipinski definition) is 1. The molecule has 1 heterocycles. The minimum Gasteiger partial charge on any atom is -0.481 e. The lowest BCUT2D eigenvalue weighted by atomic mass is 9.83. The minimum atomic E-state index is -0.635. The van der Waals surface area contributed by atoms with Crippen LogP contribution < -0.4 is 0 Å². The first-order valence-electron chi connectivity index (χ1n) is 5.92. The van der Waals surface area contributed by atoms with E-state index in [1.165, 1.54) is 19.5 Å². The summed E-state index contributed by atoms with van der Waals surface area (Å²) in [6, 6.07) is 0.669. The van der Waals surface area contributed by atoms with E-state index in [1.54, 1.807) is 0 Å². The zero-order chi connectivity index (χ0) is 11.1. The Hall–Kier alpha value is -0.570. The number of aliphatic carboxylic acids is 1. The van der Waals surface area contributed by atoms with E-state index in [4.69, 9.17) is 5.11 Å². The van der Waals surface area contributed by atoms with Crippen molar-refractivity contribution in [3.8, 4) is 0 Å². The lowest BCUT2D eigenvalue weighted by molar-refractivity contribution is -0.138. The molecule has 1 saturated carbocycles. The lowest BCUT2D eigenvalue weighted by Crippen LogP contribution is -2.56. The van der Waals surface area contributed by atoms with Crippen LogP contribution in [-0.4, -0.2) is 35.1 Å². The molecule has 0 aromatic rings. The summed E-state index contributed by atoms with van der Waals surface area (Å²) in [4.78, 5) is 13.1. The van der Waals surface area contributed by atoms with Crippen LogP contribution in [-0.2, 0) is 4.79 Å². The van der Waals surface area contributed by atoms with Gasteiger partial charge in [-0.1, -0.05) is 13.8 Å². The van der Waals surface area contributed by atoms with Gasteiger partial charge in [0.15, 0.2) is 0 Å². The molecule has 15 heavy (non-hydrogen) atoms. The second kappa shape index (κ2) is 3.78. The monoisotopic (exact) mass is 211 g/mol. The summed E-state index contributed by atoms with van der Waals surface area (Å²) in [5, 5.41) is 8.74. The maximum atomic E-state index is 10.6. The molecule has 2 aliphatic rings. The fourth-order valence-electron chi connectivity index (χ4n) is 3.12. The number of rotatable bonds is 3. The molecule has 1 saturated heterocycles. The van der Waals surface area contributed by atoms with Crippen LogP contribution in [0.15, 0.2) is 0 Å².